The van der Waals surface area contributed by atoms with E-state index >= 15 is 0 Å². The molecule has 0 fully saturated rings. The van der Waals surface area contributed by atoms with E-state index in [4.69, 9.17) is 9.47 Å². The van der Waals surface area contributed by atoms with E-state index in [2.05, 4.69) is 18.2 Å². The van der Waals surface area contributed by atoms with Crippen molar-refractivity contribution in [1.82, 2.24) is 0 Å². The summed E-state index contributed by atoms with van der Waals surface area (Å²) in [4.78, 5) is 0. The molecule has 0 radical (unpaired) electrons. The van der Waals surface area contributed by atoms with Gasteiger partial charge in [0.1, 0.15) is 5.75 Å². The summed E-state index contributed by atoms with van der Waals surface area (Å²) in [6.45, 7) is 6.04. The predicted octanol–water partition coefficient (Wildman–Crippen LogP) is 4.29. The summed E-state index contributed by atoms with van der Waals surface area (Å²) in [5, 5.41) is 0. The molecular formula is C17H20O2. The Bertz CT molecular complexity index is 520. The van der Waals surface area contributed by atoms with Crippen molar-refractivity contribution < 1.29 is 9.47 Å². The normalized spacial score (nSPS) is 10.4. The smallest absolute Gasteiger partial charge is 0.127 e. The highest BCUT2D eigenvalue weighted by molar-refractivity contribution is 5.73. The maximum Gasteiger partial charge on any atom is 0.127 e. The van der Waals surface area contributed by atoms with Gasteiger partial charge in [0.05, 0.1) is 13.2 Å². The number of hydrogen-bond donors (Lipinski definition) is 0. The second-order valence-electron chi connectivity index (χ2n) is 4.22. The number of ether oxygens (including phenoxy) is 2. The van der Waals surface area contributed by atoms with Gasteiger partial charge in [-0.05, 0) is 31.0 Å². The van der Waals surface area contributed by atoms with E-state index in [1.54, 1.807) is 0 Å². The SMILES string of the molecule is CCOCc1ccccc1-c1ccccc1OCC. The molecular weight excluding hydrogens is 236 g/mol. The summed E-state index contributed by atoms with van der Waals surface area (Å²) in [6.07, 6.45) is 0. The van der Waals surface area contributed by atoms with Gasteiger partial charge in [0, 0.05) is 12.2 Å². The molecule has 0 aliphatic rings. The van der Waals surface area contributed by atoms with Gasteiger partial charge in [-0.3, -0.25) is 0 Å². The topological polar surface area (TPSA) is 18.5 Å². The molecule has 0 heterocycles. The van der Waals surface area contributed by atoms with Crippen molar-refractivity contribution in [2.45, 2.75) is 20.5 Å². The molecule has 2 aromatic carbocycles. The summed E-state index contributed by atoms with van der Waals surface area (Å²) in [6, 6.07) is 16.5. The van der Waals surface area contributed by atoms with Crippen LogP contribution in [0.1, 0.15) is 19.4 Å². The Kier molecular flexibility index (Phi) is 4.99. The highest BCUT2D eigenvalue weighted by Gasteiger charge is 2.09. The first-order chi connectivity index (χ1) is 9.36. The van der Waals surface area contributed by atoms with Crippen LogP contribution in [0.3, 0.4) is 0 Å². The number of benzene rings is 2. The molecule has 0 aliphatic carbocycles. The van der Waals surface area contributed by atoms with Crippen LogP contribution in [0.4, 0.5) is 0 Å². The van der Waals surface area contributed by atoms with Crippen LogP contribution >= 0.6 is 0 Å². The lowest BCUT2D eigenvalue weighted by molar-refractivity contribution is 0.134. The standard InChI is InChI=1S/C17H20O2/c1-3-18-13-14-9-5-6-10-15(14)16-11-7-8-12-17(16)19-4-2/h5-12H,3-4,13H2,1-2H3. The van der Waals surface area contributed by atoms with E-state index in [0.717, 1.165) is 17.9 Å². The average Bonchev–Trinajstić information content (AvgIpc) is 2.46. The van der Waals surface area contributed by atoms with Crippen molar-refractivity contribution in [2.75, 3.05) is 13.2 Å². The lowest BCUT2D eigenvalue weighted by Crippen LogP contribution is -1.98. The zero-order valence-electron chi connectivity index (χ0n) is 11.6. The third kappa shape index (κ3) is 3.36. The zero-order chi connectivity index (χ0) is 13.5. The van der Waals surface area contributed by atoms with Gasteiger partial charge in [-0.15, -0.1) is 0 Å². The quantitative estimate of drug-likeness (QED) is 0.767. The summed E-state index contributed by atoms with van der Waals surface area (Å²) in [5.74, 6) is 0.925. The van der Waals surface area contributed by atoms with E-state index < -0.39 is 0 Å². The third-order valence-electron chi connectivity index (χ3n) is 2.96. The van der Waals surface area contributed by atoms with Crippen LogP contribution in [0.2, 0.25) is 0 Å². The van der Waals surface area contributed by atoms with Crippen molar-refractivity contribution in [1.29, 1.82) is 0 Å². The molecule has 19 heavy (non-hydrogen) atoms. The zero-order valence-corrected chi connectivity index (χ0v) is 11.6. The van der Waals surface area contributed by atoms with Crippen molar-refractivity contribution in [3.63, 3.8) is 0 Å². The number of rotatable bonds is 6. The Morgan fingerprint density at radius 2 is 1.47 bits per heavy atom. The van der Waals surface area contributed by atoms with Gasteiger partial charge >= 0.3 is 0 Å². The monoisotopic (exact) mass is 256 g/mol. The van der Waals surface area contributed by atoms with E-state index in [9.17, 15) is 0 Å². The molecule has 0 aromatic heterocycles. The van der Waals surface area contributed by atoms with Crippen molar-refractivity contribution in [3.8, 4) is 16.9 Å². The van der Waals surface area contributed by atoms with Crippen LogP contribution < -0.4 is 4.74 Å². The predicted molar refractivity (Wildman–Crippen MR) is 78.4 cm³/mol. The van der Waals surface area contributed by atoms with Crippen LogP contribution in [0.15, 0.2) is 48.5 Å². The van der Waals surface area contributed by atoms with Crippen LogP contribution in [0, 0.1) is 0 Å². The van der Waals surface area contributed by atoms with E-state index in [1.807, 2.05) is 44.2 Å². The molecule has 0 amide bonds. The molecule has 0 N–H and O–H groups in total. The molecule has 2 nitrogen and oxygen atoms in total. The average molecular weight is 256 g/mol. The first-order valence-electron chi connectivity index (χ1n) is 6.74. The molecule has 2 rings (SSSR count). The van der Waals surface area contributed by atoms with Gasteiger partial charge in [0.25, 0.3) is 0 Å². The second-order valence-corrected chi connectivity index (χ2v) is 4.22. The molecule has 100 valence electrons. The van der Waals surface area contributed by atoms with E-state index in [1.165, 1.54) is 11.1 Å². The minimum Gasteiger partial charge on any atom is -0.493 e. The van der Waals surface area contributed by atoms with Gasteiger partial charge in [-0.1, -0.05) is 42.5 Å². The Hall–Kier alpha value is -1.80. The first kappa shape index (κ1) is 13.6. The minimum atomic E-state index is 0.632. The van der Waals surface area contributed by atoms with E-state index in [-0.39, 0.29) is 0 Å². The van der Waals surface area contributed by atoms with Gasteiger partial charge < -0.3 is 9.47 Å². The summed E-state index contributed by atoms with van der Waals surface area (Å²) >= 11 is 0. The Morgan fingerprint density at radius 1 is 0.789 bits per heavy atom. The van der Waals surface area contributed by atoms with E-state index in [0.29, 0.717) is 13.2 Å². The van der Waals surface area contributed by atoms with Gasteiger partial charge in [0.15, 0.2) is 0 Å². The lowest BCUT2D eigenvalue weighted by atomic mass is 9.99. The molecule has 2 heteroatoms. The lowest BCUT2D eigenvalue weighted by Gasteiger charge is -2.14. The fourth-order valence-electron chi connectivity index (χ4n) is 2.09. The van der Waals surface area contributed by atoms with Gasteiger partial charge in [0.2, 0.25) is 0 Å². The molecule has 0 atom stereocenters. The largest absolute Gasteiger partial charge is 0.493 e. The molecule has 0 saturated heterocycles. The summed E-state index contributed by atoms with van der Waals surface area (Å²) < 4.78 is 11.3. The highest BCUT2D eigenvalue weighted by Crippen LogP contribution is 2.32. The van der Waals surface area contributed by atoms with Crippen molar-refractivity contribution in [3.05, 3.63) is 54.1 Å². The van der Waals surface area contributed by atoms with Crippen LogP contribution in [0.5, 0.6) is 5.75 Å². The van der Waals surface area contributed by atoms with Gasteiger partial charge in [-0.2, -0.15) is 0 Å². The molecule has 2 aromatic rings. The maximum absolute atomic E-state index is 5.71. The van der Waals surface area contributed by atoms with Gasteiger partial charge in [-0.25, -0.2) is 0 Å². The molecule has 0 saturated carbocycles. The fraction of sp³-hybridized carbons (Fsp3) is 0.294. The maximum atomic E-state index is 5.71. The fourth-order valence-corrected chi connectivity index (χ4v) is 2.09. The van der Waals surface area contributed by atoms with Crippen molar-refractivity contribution in [2.24, 2.45) is 0 Å². The molecule has 0 aliphatic heterocycles. The molecule has 0 unspecified atom stereocenters. The Morgan fingerprint density at radius 3 is 2.21 bits per heavy atom. The summed E-state index contributed by atoms with van der Waals surface area (Å²) in [5.41, 5.74) is 3.50. The van der Waals surface area contributed by atoms with Crippen LogP contribution in [-0.4, -0.2) is 13.2 Å². The summed E-state index contributed by atoms with van der Waals surface area (Å²) in [7, 11) is 0. The second kappa shape index (κ2) is 6.95. The molecule has 0 spiro atoms. The van der Waals surface area contributed by atoms with Crippen LogP contribution in [0.25, 0.3) is 11.1 Å². The number of para-hydroxylation sites is 1. The Labute approximate surface area is 115 Å². The van der Waals surface area contributed by atoms with Crippen LogP contribution in [-0.2, 0) is 11.3 Å². The first-order valence-corrected chi connectivity index (χ1v) is 6.74. The minimum absolute atomic E-state index is 0.632. The molecule has 0 bridgehead atoms. The number of hydrogen-bond acceptors (Lipinski definition) is 2. The van der Waals surface area contributed by atoms with Crippen molar-refractivity contribution >= 4 is 0 Å². The third-order valence-corrected chi connectivity index (χ3v) is 2.96. The Balaban J connectivity index is 2.40. The highest BCUT2D eigenvalue weighted by atomic mass is 16.5.